The number of carbonyl (C=O) groups excluding carboxylic acids is 2. The third-order valence-electron chi connectivity index (χ3n) is 4.65. The Labute approximate surface area is 185 Å². The highest BCUT2D eigenvalue weighted by Gasteiger charge is 2.16. The molecular formula is C23H24N4O5. The number of benzene rings is 2. The monoisotopic (exact) mass is 436 g/mol. The van der Waals surface area contributed by atoms with Crippen LogP contribution in [0.3, 0.4) is 0 Å². The molecule has 0 radical (unpaired) electrons. The van der Waals surface area contributed by atoms with Crippen molar-refractivity contribution >= 4 is 29.1 Å². The number of nitrogens with two attached hydrogens (primary N) is 1. The summed E-state index contributed by atoms with van der Waals surface area (Å²) in [5.41, 5.74) is 8.25. The minimum absolute atomic E-state index is 0.156. The van der Waals surface area contributed by atoms with Gasteiger partial charge in [0.15, 0.2) is 5.82 Å². The van der Waals surface area contributed by atoms with E-state index in [1.807, 2.05) is 24.3 Å². The van der Waals surface area contributed by atoms with E-state index in [2.05, 4.69) is 29.1 Å². The highest BCUT2D eigenvalue weighted by Crippen LogP contribution is 2.32. The maximum Gasteiger partial charge on any atom is 0.337 e. The largest absolute Gasteiger partial charge is 0.465 e. The second-order valence-electron chi connectivity index (χ2n) is 7.17. The zero-order chi connectivity index (χ0) is 23.3. The number of nitrogens with zero attached hydrogens (tertiary/aromatic N) is 2. The number of nitrogen functional groups attached to an aromatic ring is 1. The Morgan fingerprint density at radius 3 is 2.06 bits per heavy atom. The van der Waals surface area contributed by atoms with E-state index in [0.29, 0.717) is 17.4 Å². The highest BCUT2D eigenvalue weighted by molar-refractivity contribution is 5.97. The minimum Gasteiger partial charge on any atom is -0.465 e. The molecule has 0 aliphatic heterocycles. The number of anilines is 3. The second-order valence-corrected chi connectivity index (χ2v) is 7.17. The van der Waals surface area contributed by atoms with Crippen LogP contribution in [0.25, 0.3) is 0 Å². The molecule has 166 valence electrons. The van der Waals surface area contributed by atoms with Gasteiger partial charge in [-0.3, -0.25) is 0 Å². The van der Waals surface area contributed by atoms with E-state index in [9.17, 15) is 9.59 Å². The number of ether oxygens (including phenoxy) is 3. The van der Waals surface area contributed by atoms with E-state index in [1.54, 1.807) is 0 Å². The quantitative estimate of drug-likeness (QED) is 0.522. The van der Waals surface area contributed by atoms with Gasteiger partial charge in [-0.05, 0) is 41.8 Å². The van der Waals surface area contributed by atoms with Gasteiger partial charge in [-0.1, -0.05) is 26.0 Å². The Balaban J connectivity index is 1.89. The molecule has 32 heavy (non-hydrogen) atoms. The third kappa shape index (κ3) is 5.12. The van der Waals surface area contributed by atoms with E-state index in [1.165, 1.54) is 44.3 Å². The van der Waals surface area contributed by atoms with Crippen LogP contribution in [0.15, 0.2) is 48.8 Å². The summed E-state index contributed by atoms with van der Waals surface area (Å²) in [5, 5.41) is 2.99. The lowest BCUT2D eigenvalue weighted by Crippen LogP contribution is -2.09. The maximum atomic E-state index is 12.0. The molecule has 0 atom stereocenters. The zero-order valence-corrected chi connectivity index (χ0v) is 18.2. The first-order valence-electron chi connectivity index (χ1n) is 9.79. The SMILES string of the molecule is COC(=O)c1cc(Nc2ncnc(Oc3ccc(C(C)C)cc3)c2N)cc(C(=O)OC)c1. The number of aromatic nitrogens is 2. The summed E-state index contributed by atoms with van der Waals surface area (Å²) in [4.78, 5) is 32.2. The molecule has 0 fully saturated rings. The van der Waals surface area contributed by atoms with E-state index in [0.717, 1.165) is 0 Å². The van der Waals surface area contributed by atoms with Gasteiger partial charge < -0.3 is 25.3 Å². The van der Waals surface area contributed by atoms with Gasteiger partial charge in [0.1, 0.15) is 17.8 Å². The van der Waals surface area contributed by atoms with E-state index in [4.69, 9.17) is 19.9 Å². The summed E-state index contributed by atoms with van der Waals surface area (Å²) >= 11 is 0. The minimum atomic E-state index is -0.608. The Morgan fingerprint density at radius 1 is 0.938 bits per heavy atom. The molecule has 0 saturated heterocycles. The van der Waals surface area contributed by atoms with Gasteiger partial charge in [0.2, 0.25) is 5.88 Å². The van der Waals surface area contributed by atoms with E-state index in [-0.39, 0.29) is 28.5 Å². The Bertz CT molecular complexity index is 1100. The summed E-state index contributed by atoms with van der Waals surface area (Å²) in [6.45, 7) is 4.22. The van der Waals surface area contributed by atoms with Crippen molar-refractivity contribution in [2.24, 2.45) is 0 Å². The van der Waals surface area contributed by atoms with Crippen molar-refractivity contribution in [1.82, 2.24) is 9.97 Å². The number of hydrogen-bond donors (Lipinski definition) is 2. The van der Waals surface area contributed by atoms with Gasteiger partial charge in [-0.15, -0.1) is 0 Å². The predicted octanol–water partition coefficient (Wildman–Crippen LogP) is 4.29. The Hall–Kier alpha value is -4.14. The molecule has 3 rings (SSSR count). The summed E-state index contributed by atoms with van der Waals surface area (Å²) in [7, 11) is 2.50. The average molecular weight is 436 g/mol. The van der Waals surface area contributed by atoms with Crippen LogP contribution < -0.4 is 15.8 Å². The first kappa shape index (κ1) is 22.5. The maximum absolute atomic E-state index is 12.0. The lowest BCUT2D eigenvalue weighted by atomic mass is 10.0. The topological polar surface area (TPSA) is 126 Å². The molecule has 0 spiro atoms. The second kappa shape index (κ2) is 9.78. The van der Waals surface area contributed by atoms with Gasteiger partial charge in [0, 0.05) is 5.69 Å². The van der Waals surface area contributed by atoms with Crippen LogP contribution in [-0.2, 0) is 9.47 Å². The molecule has 1 aromatic heterocycles. The molecule has 0 aliphatic rings. The fraction of sp³-hybridized carbons (Fsp3) is 0.217. The Morgan fingerprint density at radius 2 is 1.53 bits per heavy atom. The normalized spacial score (nSPS) is 10.5. The molecule has 0 unspecified atom stereocenters. The molecule has 2 aromatic carbocycles. The molecule has 0 amide bonds. The number of carbonyl (C=O) groups is 2. The molecule has 9 heteroatoms. The van der Waals surface area contributed by atoms with Crippen molar-refractivity contribution in [1.29, 1.82) is 0 Å². The van der Waals surface area contributed by atoms with Crippen molar-refractivity contribution in [3.8, 4) is 11.6 Å². The highest BCUT2D eigenvalue weighted by atomic mass is 16.5. The van der Waals surface area contributed by atoms with Gasteiger partial charge in [0.05, 0.1) is 25.3 Å². The number of hydrogen-bond acceptors (Lipinski definition) is 9. The fourth-order valence-corrected chi connectivity index (χ4v) is 2.90. The van der Waals surface area contributed by atoms with E-state index < -0.39 is 11.9 Å². The van der Waals surface area contributed by atoms with E-state index >= 15 is 0 Å². The molecule has 3 N–H and O–H groups in total. The summed E-state index contributed by atoms with van der Waals surface area (Å²) < 4.78 is 15.3. The third-order valence-corrected chi connectivity index (χ3v) is 4.65. The van der Waals surface area contributed by atoms with Gasteiger partial charge >= 0.3 is 11.9 Å². The molecule has 0 aliphatic carbocycles. The van der Waals surface area contributed by atoms with Crippen molar-refractivity contribution in [2.75, 3.05) is 25.3 Å². The lowest BCUT2D eigenvalue weighted by Gasteiger charge is -2.13. The Kier molecular flexibility index (Phi) is 6.89. The van der Waals surface area contributed by atoms with Crippen LogP contribution in [0.4, 0.5) is 17.2 Å². The predicted molar refractivity (Wildman–Crippen MR) is 119 cm³/mol. The average Bonchev–Trinajstić information content (AvgIpc) is 2.80. The number of rotatable bonds is 7. The number of esters is 2. The van der Waals surface area contributed by atoms with Gasteiger partial charge in [-0.25, -0.2) is 14.6 Å². The van der Waals surface area contributed by atoms with Crippen LogP contribution in [-0.4, -0.2) is 36.1 Å². The van der Waals surface area contributed by atoms with Crippen molar-refractivity contribution in [3.05, 3.63) is 65.5 Å². The van der Waals surface area contributed by atoms with Crippen LogP contribution in [0.5, 0.6) is 11.6 Å². The zero-order valence-electron chi connectivity index (χ0n) is 18.2. The molecule has 0 bridgehead atoms. The molecule has 0 saturated carbocycles. The standard InChI is InChI=1S/C23H24N4O5/c1-13(2)14-5-7-18(8-6-14)32-21-19(24)20(25-12-26-21)27-17-10-15(22(28)30-3)9-16(11-17)23(29)31-4/h5-13H,24H2,1-4H3,(H,25,26,27). The summed E-state index contributed by atoms with van der Waals surface area (Å²) in [6, 6.07) is 12.0. The summed E-state index contributed by atoms with van der Waals surface area (Å²) in [5.74, 6) is 0.168. The first-order valence-corrected chi connectivity index (χ1v) is 9.79. The molecule has 3 aromatic rings. The van der Waals surface area contributed by atoms with Crippen molar-refractivity contribution in [2.45, 2.75) is 19.8 Å². The van der Waals surface area contributed by atoms with Gasteiger partial charge in [0.25, 0.3) is 0 Å². The van der Waals surface area contributed by atoms with Crippen LogP contribution in [0.1, 0.15) is 46.0 Å². The van der Waals surface area contributed by atoms with Crippen LogP contribution in [0.2, 0.25) is 0 Å². The fourth-order valence-electron chi connectivity index (χ4n) is 2.90. The molecule has 1 heterocycles. The van der Waals surface area contributed by atoms with Crippen molar-refractivity contribution < 1.29 is 23.8 Å². The van der Waals surface area contributed by atoms with Crippen LogP contribution in [0, 0.1) is 0 Å². The smallest absolute Gasteiger partial charge is 0.337 e. The summed E-state index contributed by atoms with van der Waals surface area (Å²) in [6.07, 6.45) is 1.29. The lowest BCUT2D eigenvalue weighted by molar-refractivity contribution is 0.0599. The molecular weight excluding hydrogens is 412 g/mol. The molecule has 9 nitrogen and oxygen atoms in total. The number of nitrogens with one attached hydrogen (secondary N) is 1. The number of methoxy groups -OCH3 is 2. The van der Waals surface area contributed by atoms with Crippen LogP contribution >= 0.6 is 0 Å². The van der Waals surface area contributed by atoms with Crippen molar-refractivity contribution in [3.63, 3.8) is 0 Å². The first-order chi connectivity index (χ1) is 15.3. The van der Waals surface area contributed by atoms with Gasteiger partial charge in [-0.2, -0.15) is 4.98 Å².